The molecule has 4 N–H and O–H groups in total. The number of nitrogens with one attached hydrogen (secondary N) is 2. The van der Waals surface area contributed by atoms with Crippen molar-refractivity contribution in [2.24, 2.45) is 10.8 Å². The molecule has 0 atom stereocenters. The Bertz CT molecular complexity index is 434. The zero-order valence-electron chi connectivity index (χ0n) is 12.9. The lowest BCUT2D eigenvalue weighted by Gasteiger charge is -2.15. The summed E-state index contributed by atoms with van der Waals surface area (Å²) < 4.78 is 5.28. The van der Waals surface area contributed by atoms with Crippen LogP contribution in [0.3, 0.4) is 0 Å². The van der Waals surface area contributed by atoms with Gasteiger partial charge in [0.1, 0.15) is 0 Å². The van der Waals surface area contributed by atoms with Crippen LogP contribution in [0.4, 0.5) is 5.69 Å². The Kier molecular flexibility index (Phi) is 7.04. The minimum atomic E-state index is 0.580. The standard InChI is InChI=1S/C15H26N4O/c1-5-20-8-6-7-17-15(19-16)18-14-12(3)9-11(2)10-13(14)4/h9-10H,5-8,16H2,1-4H3,(H2,17,18,19). The number of ether oxygens (including phenoxy) is 1. The Morgan fingerprint density at radius 2 is 1.90 bits per heavy atom. The number of rotatable bonds is 6. The van der Waals surface area contributed by atoms with E-state index in [1.165, 1.54) is 16.7 Å². The Morgan fingerprint density at radius 3 is 2.45 bits per heavy atom. The van der Waals surface area contributed by atoms with Crippen LogP contribution in [0.25, 0.3) is 0 Å². The molecule has 112 valence electrons. The van der Waals surface area contributed by atoms with Crippen LogP contribution < -0.4 is 16.6 Å². The summed E-state index contributed by atoms with van der Waals surface area (Å²) in [6.07, 6.45) is 0.882. The largest absolute Gasteiger partial charge is 0.382 e. The lowest BCUT2D eigenvalue weighted by atomic mass is 10.1. The summed E-state index contributed by atoms with van der Waals surface area (Å²) in [5.41, 5.74) is 7.27. The number of nitrogens with two attached hydrogens (primary N) is 1. The molecular weight excluding hydrogens is 252 g/mol. The molecule has 0 radical (unpaired) electrons. The second kappa shape index (κ2) is 8.55. The summed E-state index contributed by atoms with van der Waals surface area (Å²) in [5.74, 6) is 6.10. The fourth-order valence-electron chi connectivity index (χ4n) is 2.12. The van der Waals surface area contributed by atoms with Crippen molar-refractivity contribution < 1.29 is 4.74 Å². The molecule has 0 unspecified atom stereocenters. The summed E-state index contributed by atoms with van der Waals surface area (Å²) in [6, 6.07) is 4.27. The second-order valence-electron chi connectivity index (χ2n) is 4.82. The molecule has 20 heavy (non-hydrogen) atoms. The number of hydrogen-bond acceptors (Lipinski definition) is 3. The number of hydrogen-bond donors (Lipinski definition) is 3. The molecule has 0 aromatic heterocycles. The predicted octanol–water partition coefficient (Wildman–Crippen LogP) is 2.27. The average molecular weight is 278 g/mol. The maximum absolute atomic E-state index is 5.52. The number of benzene rings is 1. The van der Waals surface area contributed by atoms with Gasteiger partial charge in [-0.15, -0.1) is 0 Å². The lowest BCUT2D eigenvalue weighted by molar-refractivity contribution is 0.146. The van der Waals surface area contributed by atoms with Crippen LogP contribution in [0.5, 0.6) is 0 Å². The molecule has 1 rings (SSSR count). The Balaban J connectivity index is 2.66. The normalized spacial score (nSPS) is 11.6. The van der Waals surface area contributed by atoms with E-state index < -0.39 is 0 Å². The lowest BCUT2D eigenvalue weighted by Crippen LogP contribution is -2.36. The summed E-state index contributed by atoms with van der Waals surface area (Å²) in [4.78, 5) is 4.40. The third kappa shape index (κ3) is 5.19. The van der Waals surface area contributed by atoms with Crippen molar-refractivity contribution in [3.63, 3.8) is 0 Å². The Hall–Kier alpha value is -1.59. The van der Waals surface area contributed by atoms with Gasteiger partial charge < -0.3 is 10.1 Å². The summed E-state index contributed by atoms with van der Waals surface area (Å²) >= 11 is 0. The van der Waals surface area contributed by atoms with Crippen LogP contribution in [0.15, 0.2) is 17.1 Å². The number of nitrogens with zero attached hydrogens (tertiary/aromatic N) is 1. The zero-order valence-corrected chi connectivity index (χ0v) is 12.9. The number of guanidine groups is 1. The molecule has 0 spiro atoms. The van der Waals surface area contributed by atoms with E-state index >= 15 is 0 Å². The number of aliphatic imine (C=N–C) groups is 1. The SMILES string of the molecule is CCOCCCN=C(NN)Nc1c(C)cc(C)cc1C. The molecule has 0 fully saturated rings. The number of anilines is 1. The first-order valence-corrected chi connectivity index (χ1v) is 7.02. The molecular formula is C15H26N4O. The van der Waals surface area contributed by atoms with E-state index in [9.17, 15) is 0 Å². The van der Waals surface area contributed by atoms with Gasteiger partial charge in [0.25, 0.3) is 0 Å². The fraction of sp³-hybridized carbons (Fsp3) is 0.533. The van der Waals surface area contributed by atoms with Crippen molar-refractivity contribution in [3.05, 3.63) is 28.8 Å². The average Bonchev–Trinajstić information content (AvgIpc) is 2.40. The minimum absolute atomic E-state index is 0.580. The molecule has 0 heterocycles. The molecule has 0 aliphatic rings. The van der Waals surface area contributed by atoms with Crippen molar-refractivity contribution in [2.75, 3.05) is 25.1 Å². The van der Waals surface area contributed by atoms with Crippen molar-refractivity contribution in [1.82, 2.24) is 5.43 Å². The van der Waals surface area contributed by atoms with E-state index in [1.807, 2.05) is 6.92 Å². The minimum Gasteiger partial charge on any atom is -0.382 e. The molecule has 5 nitrogen and oxygen atoms in total. The van der Waals surface area contributed by atoms with E-state index in [-0.39, 0.29) is 0 Å². The van der Waals surface area contributed by atoms with Crippen molar-refractivity contribution in [3.8, 4) is 0 Å². The van der Waals surface area contributed by atoms with E-state index in [2.05, 4.69) is 48.6 Å². The van der Waals surface area contributed by atoms with E-state index in [0.717, 1.165) is 25.3 Å². The third-order valence-electron chi connectivity index (χ3n) is 2.98. The van der Waals surface area contributed by atoms with E-state index in [0.29, 0.717) is 12.5 Å². The summed E-state index contributed by atoms with van der Waals surface area (Å²) in [7, 11) is 0. The molecule has 5 heteroatoms. The van der Waals surface area contributed by atoms with Crippen LogP contribution in [0.2, 0.25) is 0 Å². The van der Waals surface area contributed by atoms with Gasteiger partial charge in [-0.25, -0.2) is 5.84 Å². The third-order valence-corrected chi connectivity index (χ3v) is 2.98. The molecule has 1 aromatic rings. The molecule has 0 aliphatic heterocycles. The first-order chi connectivity index (χ1) is 9.58. The number of aryl methyl sites for hydroxylation is 3. The Labute approximate surface area is 121 Å². The first kappa shape index (κ1) is 16.5. The fourth-order valence-corrected chi connectivity index (χ4v) is 2.12. The molecule has 1 aromatic carbocycles. The van der Waals surface area contributed by atoms with Crippen LogP contribution in [-0.2, 0) is 4.74 Å². The molecule has 0 aliphatic carbocycles. The van der Waals surface area contributed by atoms with Crippen molar-refractivity contribution >= 4 is 11.6 Å². The topological polar surface area (TPSA) is 71.7 Å². The van der Waals surface area contributed by atoms with Gasteiger partial charge in [-0.2, -0.15) is 0 Å². The first-order valence-electron chi connectivity index (χ1n) is 7.02. The van der Waals surface area contributed by atoms with Gasteiger partial charge in [0.2, 0.25) is 5.96 Å². The maximum atomic E-state index is 5.52. The highest BCUT2D eigenvalue weighted by molar-refractivity contribution is 5.94. The monoisotopic (exact) mass is 278 g/mol. The van der Waals surface area contributed by atoms with Crippen LogP contribution >= 0.6 is 0 Å². The molecule has 0 amide bonds. The molecule has 0 saturated heterocycles. The van der Waals surface area contributed by atoms with Crippen LogP contribution in [0.1, 0.15) is 30.0 Å². The highest BCUT2D eigenvalue weighted by atomic mass is 16.5. The maximum Gasteiger partial charge on any atom is 0.210 e. The highest BCUT2D eigenvalue weighted by Gasteiger charge is 2.05. The summed E-state index contributed by atoms with van der Waals surface area (Å²) in [6.45, 7) is 10.4. The van der Waals surface area contributed by atoms with Gasteiger partial charge in [-0.1, -0.05) is 17.7 Å². The molecule has 0 bridgehead atoms. The number of hydrazine groups is 1. The Morgan fingerprint density at radius 1 is 1.25 bits per heavy atom. The second-order valence-corrected chi connectivity index (χ2v) is 4.82. The van der Waals surface area contributed by atoms with Crippen molar-refractivity contribution in [2.45, 2.75) is 34.1 Å². The smallest absolute Gasteiger partial charge is 0.210 e. The highest BCUT2D eigenvalue weighted by Crippen LogP contribution is 2.21. The summed E-state index contributed by atoms with van der Waals surface area (Å²) in [5, 5.41) is 3.26. The van der Waals surface area contributed by atoms with Crippen LogP contribution in [0, 0.1) is 20.8 Å². The van der Waals surface area contributed by atoms with Gasteiger partial charge in [-0.05, 0) is 45.2 Å². The van der Waals surface area contributed by atoms with Crippen molar-refractivity contribution in [1.29, 1.82) is 0 Å². The zero-order chi connectivity index (χ0) is 15.0. The van der Waals surface area contributed by atoms with Gasteiger partial charge in [0, 0.05) is 25.4 Å². The van der Waals surface area contributed by atoms with E-state index in [4.69, 9.17) is 10.6 Å². The van der Waals surface area contributed by atoms with Gasteiger partial charge in [-0.3, -0.25) is 10.4 Å². The van der Waals surface area contributed by atoms with Gasteiger partial charge in [0.15, 0.2) is 0 Å². The van der Waals surface area contributed by atoms with E-state index in [1.54, 1.807) is 0 Å². The van der Waals surface area contributed by atoms with Crippen LogP contribution in [-0.4, -0.2) is 25.7 Å². The molecule has 0 saturated carbocycles. The quantitative estimate of drug-likeness (QED) is 0.245. The predicted molar refractivity (Wildman–Crippen MR) is 85.0 cm³/mol. The van der Waals surface area contributed by atoms with Gasteiger partial charge >= 0.3 is 0 Å². The van der Waals surface area contributed by atoms with Gasteiger partial charge in [0.05, 0.1) is 0 Å².